The van der Waals surface area contributed by atoms with Crippen LogP contribution in [-0.2, 0) is 9.47 Å². The van der Waals surface area contributed by atoms with Gasteiger partial charge in [-0.3, -0.25) is 9.78 Å². The minimum absolute atomic E-state index is 0.290. The topological polar surface area (TPSA) is 91.8 Å². The van der Waals surface area contributed by atoms with Crippen LogP contribution in [-0.4, -0.2) is 47.2 Å². The summed E-state index contributed by atoms with van der Waals surface area (Å²) in [6.45, 7) is 0.678. The number of aliphatic hydroxyl groups is 2. The molecule has 6 nitrogen and oxygen atoms in total. The number of methoxy groups -OCH3 is 1. The molecule has 112 valence electrons. The Hall–Kier alpha value is -1.35. The fraction of sp³-hybridized carbons (Fsp3) is 0.583. The van der Waals surface area contributed by atoms with Crippen molar-refractivity contribution in [3.05, 3.63) is 33.2 Å². The fourth-order valence-corrected chi connectivity index (χ4v) is 2.29. The van der Waals surface area contributed by atoms with Crippen LogP contribution in [0.3, 0.4) is 0 Å². The zero-order chi connectivity index (χ0) is 15.0. The van der Waals surface area contributed by atoms with Gasteiger partial charge in [0.05, 0.1) is 17.7 Å². The minimum Gasteiger partial charge on any atom is -0.394 e. The van der Waals surface area contributed by atoms with Gasteiger partial charge in [0.1, 0.15) is 30.2 Å². The first-order chi connectivity index (χ1) is 9.42. The van der Waals surface area contributed by atoms with Crippen molar-refractivity contribution in [2.45, 2.75) is 31.3 Å². The van der Waals surface area contributed by atoms with Gasteiger partial charge < -0.3 is 19.7 Å². The zero-order valence-electron chi connectivity index (χ0n) is 10.9. The van der Waals surface area contributed by atoms with Crippen molar-refractivity contribution in [1.82, 2.24) is 4.98 Å². The summed E-state index contributed by atoms with van der Waals surface area (Å²) in [4.78, 5) is 13.1. The molecule has 1 aromatic rings. The Kier molecular flexibility index (Phi) is 4.19. The summed E-state index contributed by atoms with van der Waals surface area (Å²) in [5.74, 6) is -2.24. The Morgan fingerprint density at radius 1 is 1.45 bits per heavy atom. The van der Waals surface area contributed by atoms with Crippen LogP contribution in [0.25, 0.3) is 0 Å². The summed E-state index contributed by atoms with van der Waals surface area (Å²) in [5, 5.41) is 18.9. The fourth-order valence-electron chi connectivity index (χ4n) is 2.29. The molecule has 3 N–H and O–H groups in total. The largest absolute Gasteiger partial charge is 0.394 e. The number of aromatic nitrogens is 1. The molecule has 0 bridgehead atoms. The number of ether oxygens (including phenoxy) is 2. The molecule has 0 radical (unpaired) electrons. The van der Waals surface area contributed by atoms with Crippen LogP contribution in [0, 0.1) is 18.7 Å². The van der Waals surface area contributed by atoms with Crippen molar-refractivity contribution >= 4 is 0 Å². The van der Waals surface area contributed by atoms with E-state index in [0.717, 1.165) is 0 Å². The summed E-state index contributed by atoms with van der Waals surface area (Å²) in [6.07, 6.45) is -4.57. The first kappa shape index (κ1) is 15.0. The third kappa shape index (κ3) is 2.24. The normalized spacial score (nSPS) is 29.9. The Morgan fingerprint density at radius 3 is 2.65 bits per heavy atom. The number of hydrogen-bond acceptors (Lipinski definition) is 5. The van der Waals surface area contributed by atoms with E-state index in [1.807, 2.05) is 4.98 Å². The zero-order valence-corrected chi connectivity index (χ0v) is 10.9. The van der Waals surface area contributed by atoms with Gasteiger partial charge in [0.15, 0.2) is 0 Å². The second-order valence-corrected chi connectivity index (χ2v) is 4.59. The SMILES string of the molecule is COC1C(O)[C@@H](CO)O[C@H]1c1c(F)[nH]c(=O)c(C)c1F. The molecule has 0 spiro atoms. The van der Waals surface area contributed by atoms with Crippen molar-refractivity contribution in [3.8, 4) is 0 Å². The highest BCUT2D eigenvalue weighted by Crippen LogP contribution is 2.37. The number of H-pyrrole nitrogens is 1. The highest BCUT2D eigenvalue weighted by atomic mass is 19.1. The molecule has 1 aromatic heterocycles. The van der Waals surface area contributed by atoms with Crippen LogP contribution >= 0.6 is 0 Å². The maximum Gasteiger partial charge on any atom is 0.255 e. The van der Waals surface area contributed by atoms with Crippen LogP contribution in [0.2, 0.25) is 0 Å². The van der Waals surface area contributed by atoms with E-state index in [9.17, 15) is 18.7 Å². The molecule has 2 heterocycles. The lowest BCUT2D eigenvalue weighted by Gasteiger charge is -2.20. The first-order valence-electron chi connectivity index (χ1n) is 5.97. The van der Waals surface area contributed by atoms with Gasteiger partial charge in [0.2, 0.25) is 5.95 Å². The Labute approximate surface area is 113 Å². The predicted molar refractivity (Wildman–Crippen MR) is 63.2 cm³/mol. The standard InChI is InChI=1S/C12H15F2NO5/c1-4-7(13)6(11(14)15-12(4)18)9-10(19-2)8(17)5(3-16)20-9/h5,8-10,16-17H,3H2,1-2H3,(H,15,18)/t5-,8?,9+,10?/m1/s1. The molecule has 0 amide bonds. The van der Waals surface area contributed by atoms with Crippen molar-refractivity contribution in [2.24, 2.45) is 0 Å². The molecule has 4 atom stereocenters. The average molecular weight is 291 g/mol. The Morgan fingerprint density at radius 2 is 2.10 bits per heavy atom. The summed E-state index contributed by atoms with van der Waals surface area (Å²) >= 11 is 0. The summed E-state index contributed by atoms with van der Waals surface area (Å²) in [5.41, 5.74) is -1.69. The number of halogens is 2. The number of pyridine rings is 1. The highest BCUT2D eigenvalue weighted by Gasteiger charge is 2.46. The molecule has 1 aliphatic rings. The number of aromatic amines is 1. The predicted octanol–water partition coefficient (Wildman–Crippen LogP) is -0.230. The van der Waals surface area contributed by atoms with Gasteiger partial charge in [-0.15, -0.1) is 0 Å². The summed E-state index contributed by atoms with van der Waals surface area (Å²) < 4.78 is 38.2. The van der Waals surface area contributed by atoms with Gasteiger partial charge in [-0.05, 0) is 6.92 Å². The summed E-state index contributed by atoms with van der Waals surface area (Å²) in [6, 6.07) is 0. The van der Waals surface area contributed by atoms with E-state index in [0.29, 0.717) is 0 Å². The monoisotopic (exact) mass is 291 g/mol. The molecule has 2 unspecified atom stereocenters. The lowest BCUT2D eigenvalue weighted by molar-refractivity contribution is -0.0263. The molecule has 8 heteroatoms. The van der Waals surface area contributed by atoms with E-state index in [-0.39, 0.29) is 5.56 Å². The number of hydrogen-bond donors (Lipinski definition) is 3. The molecule has 20 heavy (non-hydrogen) atoms. The van der Waals surface area contributed by atoms with Gasteiger partial charge in [-0.25, -0.2) is 4.39 Å². The third-order valence-electron chi connectivity index (χ3n) is 3.44. The molecule has 1 aliphatic heterocycles. The molecular weight excluding hydrogens is 276 g/mol. The summed E-state index contributed by atoms with van der Waals surface area (Å²) in [7, 11) is 1.25. The molecule has 0 aliphatic carbocycles. The second-order valence-electron chi connectivity index (χ2n) is 4.59. The number of rotatable bonds is 3. The van der Waals surface area contributed by atoms with Crippen molar-refractivity contribution in [3.63, 3.8) is 0 Å². The van der Waals surface area contributed by atoms with Crippen LogP contribution in [0.5, 0.6) is 0 Å². The molecule has 2 rings (SSSR count). The van der Waals surface area contributed by atoms with Crippen LogP contribution in [0.4, 0.5) is 8.78 Å². The Balaban J connectivity index is 2.51. The van der Waals surface area contributed by atoms with E-state index in [1.54, 1.807) is 0 Å². The average Bonchev–Trinajstić information content (AvgIpc) is 2.72. The van der Waals surface area contributed by atoms with Crippen molar-refractivity contribution < 1.29 is 28.5 Å². The van der Waals surface area contributed by atoms with Gasteiger partial charge >= 0.3 is 0 Å². The maximum atomic E-state index is 14.1. The Bertz CT molecular complexity index is 562. The van der Waals surface area contributed by atoms with Crippen LogP contribution in [0.1, 0.15) is 17.2 Å². The molecule has 1 saturated heterocycles. The van der Waals surface area contributed by atoms with E-state index < -0.39 is 53.9 Å². The van der Waals surface area contributed by atoms with Gasteiger partial charge in [0, 0.05) is 7.11 Å². The molecular formula is C12H15F2NO5. The van der Waals surface area contributed by atoms with E-state index in [4.69, 9.17) is 14.6 Å². The van der Waals surface area contributed by atoms with Gasteiger partial charge in [-0.2, -0.15) is 4.39 Å². The van der Waals surface area contributed by atoms with Crippen LogP contribution in [0.15, 0.2) is 4.79 Å². The van der Waals surface area contributed by atoms with Crippen LogP contribution < -0.4 is 5.56 Å². The van der Waals surface area contributed by atoms with Gasteiger partial charge in [0.25, 0.3) is 5.56 Å². The van der Waals surface area contributed by atoms with Crippen molar-refractivity contribution in [1.29, 1.82) is 0 Å². The smallest absolute Gasteiger partial charge is 0.255 e. The number of nitrogens with one attached hydrogen (secondary N) is 1. The molecule has 1 fully saturated rings. The number of aliphatic hydroxyl groups excluding tert-OH is 2. The van der Waals surface area contributed by atoms with E-state index >= 15 is 0 Å². The third-order valence-corrected chi connectivity index (χ3v) is 3.44. The lowest BCUT2D eigenvalue weighted by atomic mass is 10.0. The van der Waals surface area contributed by atoms with Crippen molar-refractivity contribution in [2.75, 3.05) is 13.7 Å². The quantitative estimate of drug-likeness (QED) is 0.669. The minimum atomic E-state index is -1.26. The van der Waals surface area contributed by atoms with Gasteiger partial charge in [-0.1, -0.05) is 0 Å². The lowest BCUT2D eigenvalue weighted by Crippen LogP contribution is -2.34. The highest BCUT2D eigenvalue weighted by molar-refractivity contribution is 5.26. The van der Waals surface area contributed by atoms with E-state index in [2.05, 4.69) is 0 Å². The second kappa shape index (κ2) is 5.57. The molecule has 0 aromatic carbocycles. The molecule has 0 saturated carbocycles. The maximum absolute atomic E-state index is 14.1. The van der Waals surface area contributed by atoms with E-state index in [1.165, 1.54) is 14.0 Å². The first-order valence-corrected chi connectivity index (χ1v) is 5.97.